The molecule has 0 aromatic rings. The molecule has 2 nitrogen and oxygen atoms in total. The van der Waals surface area contributed by atoms with Gasteiger partial charge in [-0.05, 0) is 0 Å². The Morgan fingerprint density at radius 1 is 1.50 bits per heavy atom. The molecule has 1 aliphatic heterocycles. The Morgan fingerprint density at radius 3 is 2.50 bits per heavy atom. The van der Waals surface area contributed by atoms with E-state index in [1.165, 1.54) is 0 Å². The predicted octanol–water partition coefficient (Wildman–Crippen LogP) is 0.624. The van der Waals surface area contributed by atoms with Gasteiger partial charge in [0.05, 0.1) is 0 Å². The summed E-state index contributed by atoms with van der Waals surface area (Å²) in [4.78, 5) is 0. The molecule has 1 fully saturated rings. The Balaban J connectivity index is 2.30. The van der Waals surface area contributed by atoms with Gasteiger partial charge in [-0.3, -0.25) is 0 Å². The third-order valence-electron chi connectivity index (χ3n) is 0.954. The minimum absolute atomic E-state index is 0.129. The van der Waals surface area contributed by atoms with Gasteiger partial charge in [0.2, 0.25) is 6.36 Å². The Labute approximate surface area is 45.4 Å². The lowest BCUT2D eigenvalue weighted by Gasteiger charge is -2.01. The summed E-state index contributed by atoms with van der Waals surface area (Å²) in [6.07, 6.45) is -2.56. The molecule has 1 heterocycles. The first-order chi connectivity index (χ1) is 3.84. The van der Waals surface area contributed by atoms with Crippen molar-refractivity contribution in [3.63, 3.8) is 0 Å². The molecule has 0 aliphatic carbocycles. The zero-order chi connectivity index (χ0) is 5.98. The van der Waals surface area contributed by atoms with Crippen LogP contribution < -0.4 is 0 Å². The van der Waals surface area contributed by atoms with E-state index in [9.17, 15) is 8.78 Å². The number of halogens is 2. The summed E-state index contributed by atoms with van der Waals surface area (Å²) in [5.41, 5.74) is 0. The fourth-order valence-electron chi connectivity index (χ4n) is 0.489. The molecule has 1 saturated heterocycles. The lowest BCUT2D eigenvalue weighted by molar-refractivity contribution is -0.00644. The van der Waals surface area contributed by atoms with Gasteiger partial charge < -0.3 is 9.47 Å². The molecule has 2 atom stereocenters. The van der Waals surface area contributed by atoms with Crippen LogP contribution in [0.4, 0.5) is 8.78 Å². The van der Waals surface area contributed by atoms with Gasteiger partial charge in [-0.2, -0.15) is 0 Å². The smallest absolute Gasteiger partial charge is 0.230 e. The average molecular weight is 124 g/mol. The van der Waals surface area contributed by atoms with Crippen molar-refractivity contribution in [1.29, 1.82) is 0 Å². The van der Waals surface area contributed by atoms with Crippen molar-refractivity contribution < 1.29 is 18.3 Å². The maximum absolute atomic E-state index is 12.0. The molecule has 8 heavy (non-hydrogen) atoms. The Morgan fingerprint density at radius 2 is 2.25 bits per heavy atom. The summed E-state index contributed by atoms with van der Waals surface area (Å²) in [7, 11) is 0. The van der Waals surface area contributed by atoms with Gasteiger partial charge in [-0.1, -0.05) is 0 Å². The maximum Gasteiger partial charge on any atom is 0.230 e. The SMILES string of the molecule is FCC1OCOC1F. The first-order valence-electron chi connectivity index (χ1n) is 2.28. The summed E-state index contributed by atoms with van der Waals surface area (Å²) < 4.78 is 32.2. The summed E-state index contributed by atoms with van der Waals surface area (Å²) >= 11 is 0. The zero-order valence-corrected chi connectivity index (χ0v) is 4.14. The second kappa shape index (κ2) is 2.37. The Hall–Kier alpha value is -0.220. The molecule has 0 aromatic carbocycles. The molecule has 1 rings (SSSR count). The van der Waals surface area contributed by atoms with Crippen molar-refractivity contribution in [2.24, 2.45) is 0 Å². The highest BCUT2D eigenvalue weighted by Crippen LogP contribution is 2.13. The lowest BCUT2D eigenvalue weighted by Crippen LogP contribution is -2.19. The monoisotopic (exact) mass is 124 g/mol. The first kappa shape index (κ1) is 5.91. The van der Waals surface area contributed by atoms with Gasteiger partial charge in [0.1, 0.15) is 12.8 Å². The van der Waals surface area contributed by atoms with Crippen LogP contribution >= 0.6 is 0 Å². The van der Waals surface area contributed by atoms with Crippen LogP contribution in [-0.2, 0) is 9.47 Å². The molecular formula is C4H6F2O2. The van der Waals surface area contributed by atoms with Crippen molar-refractivity contribution in [2.45, 2.75) is 12.5 Å². The van der Waals surface area contributed by atoms with E-state index in [2.05, 4.69) is 9.47 Å². The molecule has 0 radical (unpaired) electrons. The number of rotatable bonds is 1. The molecule has 2 unspecified atom stereocenters. The van der Waals surface area contributed by atoms with Crippen molar-refractivity contribution >= 4 is 0 Å². The summed E-state index contributed by atoms with van der Waals surface area (Å²) in [6.45, 7) is -0.947. The number of ether oxygens (including phenoxy) is 2. The second-order valence-electron chi connectivity index (χ2n) is 1.50. The van der Waals surface area contributed by atoms with Crippen molar-refractivity contribution in [2.75, 3.05) is 13.5 Å². The second-order valence-corrected chi connectivity index (χ2v) is 1.50. The van der Waals surface area contributed by atoms with E-state index in [4.69, 9.17) is 0 Å². The lowest BCUT2D eigenvalue weighted by atomic mass is 10.4. The fourth-order valence-corrected chi connectivity index (χ4v) is 0.489. The fraction of sp³-hybridized carbons (Fsp3) is 1.00. The Kier molecular flexibility index (Phi) is 1.75. The standard InChI is InChI=1S/C4H6F2O2/c5-1-3-4(6)8-2-7-3/h3-4H,1-2H2. The third kappa shape index (κ3) is 0.952. The Bertz CT molecular complexity index is 78.4. The van der Waals surface area contributed by atoms with Crippen LogP contribution in [0.2, 0.25) is 0 Å². The van der Waals surface area contributed by atoms with E-state index < -0.39 is 19.1 Å². The van der Waals surface area contributed by atoms with E-state index >= 15 is 0 Å². The molecule has 1 aliphatic rings. The van der Waals surface area contributed by atoms with E-state index in [0.29, 0.717) is 0 Å². The van der Waals surface area contributed by atoms with Gasteiger partial charge in [-0.15, -0.1) is 0 Å². The van der Waals surface area contributed by atoms with Crippen LogP contribution in [0.15, 0.2) is 0 Å². The molecule has 0 N–H and O–H groups in total. The molecule has 0 amide bonds. The van der Waals surface area contributed by atoms with Gasteiger partial charge in [-0.25, -0.2) is 8.78 Å². The quantitative estimate of drug-likeness (QED) is 0.510. The first-order valence-corrected chi connectivity index (χ1v) is 2.28. The summed E-state index contributed by atoms with van der Waals surface area (Å²) in [6, 6.07) is 0. The summed E-state index contributed by atoms with van der Waals surface area (Å²) in [5.74, 6) is 0. The van der Waals surface area contributed by atoms with Gasteiger partial charge in [0.15, 0.2) is 6.79 Å². The minimum atomic E-state index is -1.57. The minimum Gasteiger partial charge on any atom is -0.344 e. The molecule has 4 heteroatoms. The van der Waals surface area contributed by atoms with Crippen molar-refractivity contribution in [3.05, 3.63) is 0 Å². The highest BCUT2D eigenvalue weighted by atomic mass is 19.2. The molecule has 0 saturated carbocycles. The van der Waals surface area contributed by atoms with E-state index in [1.807, 2.05) is 0 Å². The van der Waals surface area contributed by atoms with Crippen LogP contribution in [0.5, 0.6) is 0 Å². The molecule has 48 valence electrons. The van der Waals surface area contributed by atoms with Gasteiger partial charge in [0.25, 0.3) is 0 Å². The topological polar surface area (TPSA) is 18.5 Å². The van der Waals surface area contributed by atoms with E-state index in [-0.39, 0.29) is 6.79 Å². The van der Waals surface area contributed by atoms with E-state index in [1.54, 1.807) is 0 Å². The number of hydrogen-bond donors (Lipinski definition) is 0. The van der Waals surface area contributed by atoms with Gasteiger partial charge >= 0.3 is 0 Å². The highest BCUT2D eigenvalue weighted by Gasteiger charge is 2.28. The molecule has 0 aromatic heterocycles. The highest BCUT2D eigenvalue weighted by molar-refractivity contribution is 4.62. The van der Waals surface area contributed by atoms with Crippen molar-refractivity contribution in [3.8, 4) is 0 Å². The van der Waals surface area contributed by atoms with Crippen molar-refractivity contribution in [1.82, 2.24) is 0 Å². The van der Waals surface area contributed by atoms with E-state index in [0.717, 1.165) is 0 Å². The van der Waals surface area contributed by atoms with Crippen LogP contribution in [0.3, 0.4) is 0 Å². The zero-order valence-electron chi connectivity index (χ0n) is 4.14. The average Bonchev–Trinajstić information content (AvgIpc) is 2.14. The van der Waals surface area contributed by atoms with Crippen LogP contribution in [0, 0.1) is 0 Å². The normalized spacial score (nSPS) is 38.2. The molecule has 0 spiro atoms. The predicted molar refractivity (Wildman–Crippen MR) is 21.7 cm³/mol. The number of hydrogen-bond acceptors (Lipinski definition) is 2. The summed E-state index contributed by atoms with van der Waals surface area (Å²) in [5, 5.41) is 0. The van der Waals surface area contributed by atoms with Crippen LogP contribution in [-0.4, -0.2) is 25.9 Å². The largest absolute Gasteiger partial charge is 0.344 e. The van der Waals surface area contributed by atoms with Gasteiger partial charge in [0, 0.05) is 0 Å². The van der Waals surface area contributed by atoms with Crippen LogP contribution in [0.25, 0.3) is 0 Å². The number of alkyl halides is 2. The third-order valence-corrected chi connectivity index (χ3v) is 0.954. The van der Waals surface area contributed by atoms with Crippen LogP contribution in [0.1, 0.15) is 0 Å². The maximum atomic E-state index is 12.0. The molecule has 0 bridgehead atoms. The molecular weight excluding hydrogens is 118 g/mol.